The second-order valence-electron chi connectivity index (χ2n) is 6.50. The van der Waals surface area contributed by atoms with Gasteiger partial charge in [0.1, 0.15) is 0 Å². The molecule has 1 aliphatic heterocycles. The Labute approximate surface area is 169 Å². The van der Waals surface area contributed by atoms with Crippen LogP contribution in [-0.4, -0.2) is 31.7 Å². The fourth-order valence-corrected chi connectivity index (χ4v) is 4.82. The molecule has 1 saturated heterocycles. The first kappa shape index (κ1) is 20.1. The van der Waals surface area contributed by atoms with Crippen LogP contribution in [0.25, 0.3) is 0 Å². The molecule has 144 valence electrons. The highest BCUT2D eigenvalue weighted by Gasteiger charge is 2.27. The van der Waals surface area contributed by atoms with Crippen LogP contribution in [0.1, 0.15) is 41.7 Å². The molecule has 0 spiro atoms. The number of amides is 1. The highest BCUT2D eigenvalue weighted by molar-refractivity contribution is 7.89. The molecular weight excluding hydrogens is 407 g/mol. The Bertz CT molecular complexity index is 940. The molecule has 0 bridgehead atoms. The Morgan fingerprint density at radius 2 is 1.67 bits per heavy atom. The van der Waals surface area contributed by atoms with Gasteiger partial charge in [-0.3, -0.25) is 4.79 Å². The van der Waals surface area contributed by atoms with Gasteiger partial charge in [0, 0.05) is 18.7 Å². The average molecular weight is 427 g/mol. The van der Waals surface area contributed by atoms with E-state index in [9.17, 15) is 13.2 Å². The van der Waals surface area contributed by atoms with Gasteiger partial charge < -0.3 is 5.32 Å². The predicted octanol–water partition coefficient (Wildman–Crippen LogP) is 4.27. The van der Waals surface area contributed by atoms with Crippen LogP contribution in [0, 0.1) is 0 Å². The molecule has 1 N–H and O–H groups in total. The maximum absolute atomic E-state index is 12.5. The molecule has 1 unspecified atom stereocenters. The van der Waals surface area contributed by atoms with Crippen LogP contribution in [-0.2, 0) is 10.0 Å². The number of sulfonamides is 1. The molecule has 8 heteroatoms. The van der Waals surface area contributed by atoms with Crippen molar-refractivity contribution in [1.29, 1.82) is 0 Å². The second-order valence-corrected chi connectivity index (χ2v) is 9.26. The van der Waals surface area contributed by atoms with E-state index in [1.54, 1.807) is 18.2 Å². The molecule has 2 aromatic carbocycles. The van der Waals surface area contributed by atoms with Crippen LogP contribution in [0.3, 0.4) is 0 Å². The minimum absolute atomic E-state index is 0.207. The summed E-state index contributed by atoms with van der Waals surface area (Å²) < 4.78 is 26.6. The maximum Gasteiger partial charge on any atom is 0.251 e. The smallest absolute Gasteiger partial charge is 0.251 e. The number of halogens is 2. The van der Waals surface area contributed by atoms with Crippen molar-refractivity contribution in [3.8, 4) is 0 Å². The van der Waals surface area contributed by atoms with Crippen molar-refractivity contribution in [2.45, 2.75) is 30.7 Å². The SMILES string of the molecule is CC(NC(=O)c1ccc(S(=O)(=O)N2CCCC2)cc1)c1ccc(Cl)c(Cl)c1. The van der Waals surface area contributed by atoms with E-state index >= 15 is 0 Å². The molecule has 2 aromatic rings. The molecule has 0 saturated carbocycles. The third kappa shape index (κ3) is 4.46. The molecule has 3 rings (SSSR count). The fraction of sp³-hybridized carbons (Fsp3) is 0.316. The fourth-order valence-electron chi connectivity index (χ4n) is 3.00. The lowest BCUT2D eigenvalue weighted by molar-refractivity contribution is 0.0940. The molecule has 27 heavy (non-hydrogen) atoms. The Kier molecular flexibility index (Phi) is 6.11. The molecule has 1 heterocycles. The van der Waals surface area contributed by atoms with Crippen LogP contribution in [0.5, 0.6) is 0 Å². The molecular formula is C19H20Cl2N2O3S. The van der Waals surface area contributed by atoms with Crippen molar-refractivity contribution >= 4 is 39.1 Å². The summed E-state index contributed by atoms with van der Waals surface area (Å²) in [6.45, 7) is 2.93. The zero-order chi connectivity index (χ0) is 19.6. The highest BCUT2D eigenvalue weighted by atomic mass is 35.5. The van der Waals surface area contributed by atoms with Gasteiger partial charge >= 0.3 is 0 Å². The second kappa shape index (κ2) is 8.19. The molecule has 0 aliphatic carbocycles. The van der Waals surface area contributed by atoms with Crippen molar-refractivity contribution in [3.05, 3.63) is 63.6 Å². The van der Waals surface area contributed by atoms with Crippen molar-refractivity contribution in [2.24, 2.45) is 0 Å². The van der Waals surface area contributed by atoms with E-state index in [1.165, 1.54) is 28.6 Å². The maximum atomic E-state index is 12.5. The van der Waals surface area contributed by atoms with Crippen LogP contribution in [0.15, 0.2) is 47.4 Å². The summed E-state index contributed by atoms with van der Waals surface area (Å²) in [5, 5.41) is 3.75. The van der Waals surface area contributed by atoms with Gasteiger partial charge in [-0.15, -0.1) is 0 Å². The first-order valence-corrected chi connectivity index (χ1v) is 10.8. The van der Waals surface area contributed by atoms with Gasteiger partial charge in [0.05, 0.1) is 21.0 Å². The van der Waals surface area contributed by atoms with Crippen molar-refractivity contribution in [2.75, 3.05) is 13.1 Å². The molecule has 0 radical (unpaired) electrons. The summed E-state index contributed by atoms with van der Waals surface area (Å²) in [6, 6.07) is 10.9. The van der Waals surface area contributed by atoms with Crippen LogP contribution >= 0.6 is 23.2 Å². The predicted molar refractivity (Wildman–Crippen MR) is 107 cm³/mol. The van der Waals surface area contributed by atoms with Crippen molar-refractivity contribution in [3.63, 3.8) is 0 Å². The van der Waals surface area contributed by atoms with E-state index in [0.717, 1.165) is 18.4 Å². The quantitative estimate of drug-likeness (QED) is 0.775. The number of hydrogen-bond donors (Lipinski definition) is 1. The minimum Gasteiger partial charge on any atom is -0.346 e. The standard InChI is InChI=1S/C19H20Cl2N2O3S/c1-13(15-6-9-17(20)18(21)12-15)22-19(24)14-4-7-16(8-5-14)27(25,26)23-10-2-3-11-23/h4-9,12-13H,2-3,10-11H2,1H3,(H,22,24). The van der Waals surface area contributed by atoms with E-state index in [0.29, 0.717) is 28.7 Å². The number of carbonyl (C=O) groups is 1. The lowest BCUT2D eigenvalue weighted by Crippen LogP contribution is -2.28. The summed E-state index contributed by atoms with van der Waals surface area (Å²) in [5.74, 6) is -0.293. The average Bonchev–Trinajstić information content (AvgIpc) is 3.19. The Balaban J connectivity index is 1.71. The number of nitrogens with one attached hydrogen (secondary N) is 1. The molecule has 1 atom stereocenters. The number of nitrogens with zero attached hydrogens (tertiary/aromatic N) is 1. The summed E-state index contributed by atoms with van der Waals surface area (Å²) in [6.07, 6.45) is 1.76. The van der Waals surface area contributed by atoms with Gasteiger partial charge in [0.25, 0.3) is 5.91 Å². The molecule has 1 amide bonds. The van der Waals surface area contributed by atoms with Gasteiger partial charge in [-0.1, -0.05) is 29.3 Å². The van der Waals surface area contributed by atoms with Gasteiger partial charge in [0.2, 0.25) is 10.0 Å². The van der Waals surface area contributed by atoms with Crippen molar-refractivity contribution < 1.29 is 13.2 Å². The molecule has 1 aliphatic rings. The van der Waals surface area contributed by atoms with E-state index in [4.69, 9.17) is 23.2 Å². The van der Waals surface area contributed by atoms with Crippen LogP contribution < -0.4 is 5.32 Å². The largest absolute Gasteiger partial charge is 0.346 e. The van der Waals surface area contributed by atoms with Gasteiger partial charge in [-0.2, -0.15) is 4.31 Å². The van der Waals surface area contributed by atoms with Crippen LogP contribution in [0.2, 0.25) is 10.0 Å². The Morgan fingerprint density at radius 1 is 1.04 bits per heavy atom. The summed E-state index contributed by atoms with van der Waals surface area (Å²) in [5.41, 5.74) is 1.22. The van der Waals surface area contributed by atoms with Gasteiger partial charge in [-0.05, 0) is 61.7 Å². The van der Waals surface area contributed by atoms with Crippen molar-refractivity contribution in [1.82, 2.24) is 9.62 Å². The zero-order valence-corrected chi connectivity index (χ0v) is 17.1. The third-order valence-corrected chi connectivity index (χ3v) is 7.26. The van der Waals surface area contributed by atoms with Gasteiger partial charge in [-0.25, -0.2) is 8.42 Å². The molecule has 5 nitrogen and oxygen atoms in total. The van der Waals surface area contributed by atoms with E-state index in [-0.39, 0.29) is 16.8 Å². The minimum atomic E-state index is -3.48. The topological polar surface area (TPSA) is 66.5 Å². The zero-order valence-electron chi connectivity index (χ0n) is 14.8. The van der Waals surface area contributed by atoms with E-state index in [2.05, 4.69) is 5.32 Å². The normalized spacial score (nSPS) is 16.3. The summed E-state index contributed by atoms with van der Waals surface area (Å²) >= 11 is 11.9. The first-order chi connectivity index (χ1) is 12.8. The monoisotopic (exact) mass is 426 g/mol. The lowest BCUT2D eigenvalue weighted by atomic mass is 10.1. The summed E-state index contributed by atoms with van der Waals surface area (Å²) in [7, 11) is -3.48. The molecule has 0 aromatic heterocycles. The summed E-state index contributed by atoms with van der Waals surface area (Å²) in [4.78, 5) is 12.7. The van der Waals surface area contributed by atoms with Gasteiger partial charge in [0.15, 0.2) is 0 Å². The Hall–Kier alpha value is -1.60. The number of carbonyl (C=O) groups excluding carboxylic acids is 1. The highest BCUT2D eigenvalue weighted by Crippen LogP contribution is 2.26. The third-order valence-electron chi connectivity index (χ3n) is 4.61. The Morgan fingerprint density at radius 3 is 2.26 bits per heavy atom. The lowest BCUT2D eigenvalue weighted by Gasteiger charge is -2.17. The van der Waals surface area contributed by atoms with E-state index in [1.807, 2.05) is 6.92 Å². The number of benzene rings is 2. The van der Waals surface area contributed by atoms with E-state index < -0.39 is 10.0 Å². The van der Waals surface area contributed by atoms with Crippen LogP contribution in [0.4, 0.5) is 0 Å². The number of hydrogen-bond acceptors (Lipinski definition) is 3. The molecule has 1 fully saturated rings. The number of rotatable bonds is 5. The first-order valence-electron chi connectivity index (χ1n) is 8.65.